The van der Waals surface area contributed by atoms with Crippen molar-refractivity contribution in [3.8, 4) is 0 Å². The first kappa shape index (κ1) is 16.0. The van der Waals surface area contributed by atoms with Crippen LogP contribution in [0.4, 0.5) is 0 Å². The molecule has 0 bridgehead atoms. The monoisotopic (exact) mass is 330 g/mol. The third-order valence-electron chi connectivity index (χ3n) is 5.79. The molecule has 0 radical (unpaired) electrons. The van der Waals surface area contributed by atoms with Gasteiger partial charge in [0.05, 0.1) is 25.8 Å². The minimum Gasteiger partial charge on any atom is -0.373 e. The lowest BCUT2D eigenvalue weighted by Gasteiger charge is -2.54. The average Bonchev–Trinajstić information content (AvgIpc) is 2.50. The Morgan fingerprint density at radius 1 is 1.42 bits per heavy atom. The summed E-state index contributed by atoms with van der Waals surface area (Å²) >= 11 is 0. The molecule has 2 saturated heterocycles. The summed E-state index contributed by atoms with van der Waals surface area (Å²) in [6, 6.07) is 2.01. The quantitative estimate of drug-likeness (QED) is 0.851. The molecular formula is C19H26N2O3. The van der Waals surface area contributed by atoms with Crippen LogP contribution in [0.15, 0.2) is 18.5 Å². The van der Waals surface area contributed by atoms with E-state index in [9.17, 15) is 4.79 Å². The zero-order chi connectivity index (χ0) is 16.6. The first-order valence-corrected chi connectivity index (χ1v) is 9.09. The van der Waals surface area contributed by atoms with Gasteiger partial charge in [0.25, 0.3) is 0 Å². The van der Waals surface area contributed by atoms with Crippen LogP contribution in [0, 0.1) is 12.8 Å². The van der Waals surface area contributed by atoms with Crippen molar-refractivity contribution in [2.45, 2.75) is 57.3 Å². The van der Waals surface area contributed by atoms with Crippen molar-refractivity contribution < 1.29 is 14.3 Å². The fraction of sp³-hybridized carbons (Fsp3) is 0.684. The number of hydrogen-bond donors (Lipinski definition) is 0. The Morgan fingerprint density at radius 2 is 2.25 bits per heavy atom. The summed E-state index contributed by atoms with van der Waals surface area (Å²) < 4.78 is 12.2. The van der Waals surface area contributed by atoms with Gasteiger partial charge >= 0.3 is 0 Å². The van der Waals surface area contributed by atoms with Gasteiger partial charge in [-0.25, -0.2) is 0 Å². The maximum Gasteiger partial charge on any atom is 0.225 e. The van der Waals surface area contributed by atoms with E-state index in [-0.39, 0.29) is 17.6 Å². The molecule has 1 spiro atoms. The highest BCUT2D eigenvalue weighted by Crippen LogP contribution is 2.38. The van der Waals surface area contributed by atoms with Gasteiger partial charge in [0.2, 0.25) is 5.91 Å². The topological polar surface area (TPSA) is 51.7 Å². The van der Waals surface area contributed by atoms with Crippen LogP contribution in [0.1, 0.15) is 43.2 Å². The Balaban J connectivity index is 1.29. The summed E-state index contributed by atoms with van der Waals surface area (Å²) in [7, 11) is 0. The van der Waals surface area contributed by atoms with Crippen molar-refractivity contribution in [2.24, 2.45) is 5.92 Å². The molecule has 1 aromatic heterocycles. The average molecular weight is 330 g/mol. The second-order valence-electron chi connectivity index (χ2n) is 7.58. The minimum atomic E-state index is -0.160. The van der Waals surface area contributed by atoms with Gasteiger partial charge in [-0.3, -0.25) is 9.78 Å². The molecule has 0 unspecified atom stereocenters. The van der Waals surface area contributed by atoms with Gasteiger partial charge in [0.15, 0.2) is 0 Å². The highest BCUT2D eigenvalue weighted by molar-refractivity contribution is 5.80. The van der Waals surface area contributed by atoms with Gasteiger partial charge in [-0.15, -0.1) is 0 Å². The number of hydrogen-bond acceptors (Lipinski definition) is 4. The van der Waals surface area contributed by atoms with E-state index in [0.29, 0.717) is 12.5 Å². The summed E-state index contributed by atoms with van der Waals surface area (Å²) in [5.74, 6) is 0.621. The SMILES string of the molecule is Cc1ccncc1CO[C@H]1CCOC2(C1)CN(C(=O)C1CCC1)C2. The summed E-state index contributed by atoms with van der Waals surface area (Å²) in [6.07, 6.45) is 9.06. The number of ether oxygens (including phenoxy) is 2. The van der Waals surface area contributed by atoms with Crippen LogP contribution >= 0.6 is 0 Å². The Morgan fingerprint density at radius 3 is 2.96 bits per heavy atom. The molecule has 24 heavy (non-hydrogen) atoms. The van der Waals surface area contributed by atoms with Crippen molar-refractivity contribution in [3.63, 3.8) is 0 Å². The molecule has 0 N–H and O–H groups in total. The Kier molecular flexibility index (Phi) is 4.31. The van der Waals surface area contributed by atoms with Gasteiger partial charge in [-0.2, -0.15) is 0 Å². The number of carbonyl (C=O) groups is 1. The molecule has 1 amide bonds. The van der Waals surface area contributed by atoms with Crippen LogP contribution in [0.25, 0.3) is 0 Å². The second kappa shape index (κ2) is 6.45. The number of aromatic nitrogens is 1. The fourth-order valence-corrected chi connectivity index (χ4v) is 3.92. The Hall–Kier alpha value is -1.46. The maximum atomic E-state index is 12.3. The van der Waals surface area contributed by atoms with E-state index >= 15 is 0 Å². The second-order valence-corrected chi connectivity index (χ2v) is 7.58. The first-order valence-electron chi connectivity index (χ1n) is 9.09. The van der Waals surface area contributed by atoms with E-state index in [2.05, 4.69) is 11.9 Å². The van der Waals surface area contributed by atoms with Gasteiger partial charge in [-0.1, -0.05) is 6.42 Å². The first-order chi connectivity index (χ1) is 11.7. The largest absolute Gasteiger partial charge is 0.373 e. The molecule has 3 fully saturated rings. The minimum absolute atomic E-state index is 0.160. The molecule has 1 atom stereocenters. The molecule has 0 aromatic carbocycles. The number of likely N-dealkylation sites (tertiary alicyclic amines) is 1. The standard InChI is InChI=1S/C19H26N2O3/c1-14-5-7-20-10-16(14)11-23-17-6-8-24-19(9-17)12-21(13-19)18(22)15-3-2-4-15/h5,7,10,15,17H,2-4,6,8-9,11-13H2,1H3/t17-/m0/s1. The summed E-state index contributed by atoms with van der Waals surface area (Å²) in [5, 5.41) is 0. The Labute approximate surface area is 143 Å². The van der Waals surface area contributed by atoms with Crippen molar-refractivity contribution in [2.75, 3.05) is 19.7 Å². The molecule has 2 aliphatic heterocycles. The van der Waals surface area contributed by atoms with Crippen LogP contribution in [-0.2, 0) is 20.9 Å². The van der Waals surface area contributed by atoms with Crippen LogP contribution in [-0.4, -0.2) is 47.2 Å². The van der Waals surface area contributed by atoms with Crippen molar-refractivity contribution in [1.82, 2.24) is 9.88 Å². The number of nitrogens with zero attached hydrogens (tertiary/aromatic N) is 2. The summed E-state index contributed by atoms with van der Waals surface area (Å²) in [5.41, 5.74) is 2.20. The van der Waals surface area contributed by atoms with E-state index < -0.39 is 0 Å². The molecule has 130 valence electrons. The molecular weight excluding hydrogens is 304 g/mol. The zero-order valence-corrected chi connectivity index (χ0v) is 14.4. The predicted molar refractivity (Wildman–Crippen MR) is 89.4 cm³/mol. The summed E-state index contributed by atoms with van der Waals surface area (Å²) in [4.78, 5) is 18.5. The number of amides is 1. The molecule has 1 aliphatic carbocycles. The summed E-state index contributed by atoms with van der Waals surface area (Å²) in [6.45, 7) is 4.90. The lowest BCUT2D eigenvalue weighted by molar-refractivity contribution is -0.205. The predicted octanol–water partition coefficient (Wildman–Crippen LogP) is 2.47. The van der Waals surface area contributed by atoms with Crippen LogP contribution < -0.4 is 0 Å². The molecule has 4 rings (SSSR count). The smallest absolute Gasteiger partial charge is 0.225 e. The molecule has 5 heteroatoms. The van der Waals surface area contributed by atoms with Crippen LogP contribution in [0.5, 0.6) is 0 Å². The van der Waals surface area contributed by atoms with E-state index in [1.807, 2.05) is 23.4 Å². The van der Waals surface area contributed by atoms with E-state index in [1.54, 1.807) is 0 Å². The number of pyridine rings is 1. The van der Waals surface area contributed by atoms with Gasteiger partial charge in [0, 0.05) is 31.3 Å². The molecule has 1 aromatic rings. The molecule has 1 saturated carbocycles. The Bertz CT molecular complexity index is 608. The lowest BCUT2D eigenvalue weighted by Crippen LogP contribution is -2.68. The lowest BCUT2D eigenvalue weighted by atomic mass is 9.80. The van der Waals surface area contributed by atoms with Crippen LogP contribution in [0.2, 0.25) is 0 Å². The van der Waals surface area contributed by atoms with Crippen molar-refractivity contribution in [3.05, 3.63) is 29.6 Å². The van der Waals surface area contributed by atoms with E-state index in [4.69, 9.17) is 9.47 Å². The number of aryl methyl sites for hydroxylation is 1. The van der Waals surface area contributed by atoms with Gasteiger partial charge in [-0.05, 0) is 43.4 Å². The fourth-order valence-electron chi connectivity index (χ4n) is 3.92. The van der Waals surface area contributed by atoms with Gasteiger partial charge in [0.1, 0.15) is 5.60 Å². The maximum absolute atomic E-state index is 12.3. The molecule has 3 aliphatic rings. The zero-order valence-electron chi connectivity index (χ0n) is 14.4. The van der Waals surface area contributed by atoms with Crippen molar-refractivity contribution >= 4 is 5.91 Å². The molecule has 5 nitrogen and oxygen atoms in total. The highest BCUT2D eigenvalue weighted by atomic mass is 16.5. The number of rotatable bonds is 4. The van der Waals surface area contributed by atoms with Crippen LogP contribution in [0.3, 0.4) is 0 Å². The van der Waals surface area contributed by atoms with E-state index in [0.717, 1.165) is 50.9 Å². The van der Waals surface area contributed by atoms with Crippen molar-refractivity contribution in [1.29, 1.82) is 0 Å². The number of carbonyl (C=O) groups excluding carboxylic acids is 1. The normalized spacial score (nSPS) is 26.0. The highest BCUT2D eigenvalue weighted by Gasteiger charge is 2.50. The third-order valence-corrected chi connectivity index (χ3v) is 5.79. The molecule has 3 heterocycles. The van der Waals surface area contributed by atoms with Gasteiger partial charge < -0.3 is 14.4 Å². The third kappa shape index (κ3) is 3.07. The van der Waals surface area contributed by atoms with E-state index in [1.165, 1.54) is 12.0 Å².